The molecule has 1 saturated heterocycles. The second-order valence-corrected chi connectivity index (χ2v) is 13.8. The predicted molar refractivity (Wildman–Crippen MR) is 176 cm³/mol. The Balaban J connectivity index is 1.12. The van der Waals surface area contributed by atoms with Crippen LogP contribution in [0.5, 0.6) is 5.88 Å². The molecule has 15 heteroatoms. The van der Waals surface area contributed by atoms with Gasteiger partial charge in [0, 0.05) is 55.9 Å². The minimum absolute atomic E-state index is 0.0282. The molecular weight excluding hydrogens is 630 g/mol. The SMILES string of the molecule is CCc1c(N2CCN(C(=O)c3ncccc3C(=O)O)CC2)c(=O)c2nn(-c3ccnc(OC)c3)nc2n1CC(=O)NC12CC(C3CC3)(C1)C2. The van der Waals surface area contributed by atoms with Crippen LogP contribution in [0.15, 0.2) is 41.5 Å². The van der Waals surface area contributed by atoms with Gasteiger partial charge in [0.2, 0.25) is 17.2 Å². The molecule has 0 aromatic carbocycles. The molecule has 254 valence electrons. The molecule has 5 fully saturated rings. The summed E-state index contributed by atoms with van der Waals surface area (Å²) in [6.45, 7) is 3.01. The highest BCUT2D eigenvalue weighted by molar-refractivity contribution is 6.03. The average Bonchev–Trinajstić information content (AvgIpc) is 3.83. The number of aromatic nitrogens is 6. The summed E-state index contributed by atoms with van der Waals surface area (Å²) < 4.78 is 7.08. The van der Waals surface area contributed by atoms with E-state index in [1.54, 1.807) is 27.8 Å². The molecule has 2 bridgehead atoms. The van der Waals surface area contributed by atoms with Gasteiger partial charge in [-0.15, -0.1) is 15.0 Å². The van der Waals surface area contributed by atoms with Crippen LogP contribution >= 0.6 is 0 Å². The average molecular weight is 668 g/mol. The van der Waals surface area contributed by atoms with Crippen LogP contribution in [0, 0.1) is 11.3 Å². The number of nitrogens with zero attached hydrogens (tertiary/aromatic N) is 8. The number of carboxylic acids is 1. The molecule has 4 aromatic rings. The summed E-state index contributed by atoms with van der Waals surface area (Å²) in [4.78, 5) is 66.1. The second-order valence-electron chi connectivity index (χ2n) is 13.8. The number of nitrogens with one attached hydrogen (secondary N) is 1. The molecule has 15 nitrogen and oxygen atoms in total. The molecule has 4 saturated carbocycles. The first kappa shape index (κ1) is 31.0. The van der Waals surface area contributed by atoms with Crippen molar-refractivity contribution in [3.8, 4) is 11.6 Å². The minimum Gasteiger partial charge on any atom is -0.481 e. The van der Waals surface area contributed by atoms with Crippen LogP contribution in [0.25, 0.3) is 16.9 Å². The lowest BCUT2D eigenvalue weighted by molar-refractivity contribution is -0.176. The van der Waals surface area contributed by atoms with E-state index in [2.05, 4.69) is 20.4 Å². The van der Waals surface area contributed by atoms with Crippen molar-refractivity contribution in [2.75, 3.05) is 38.2 Å². The van der Waals surface area contributed by atoms with Crippen molar-refractivity contribution in [2.45, 2.75) is 57.5 Å². The van der Waals surface area contributed by atoms with E-state index < -0.39 is 11.9 Å². The molecule has 5 heterocycles. The lowest BCUT2D eigenvalue weighted by atomic mass is 9.37. The number of ether oxygens (including phenoxy) is 1. The number of amides is 2. The van der Waals surface area contributed by atoms with Gasteiger partial charge in [0.15, 0.2) is 11.2 Å². The first-order valence-electron chi connectivity index (χ1n) is 16.7. The number of aromatic carboxylic acids is 1. The number of hydrogen-bond acceptors (Lipinski definition) is 10. The van der Waals surface area contributed by atoms with E-state index in [0.717, 1.165) is 25.2 Å². The maximum absolute atomic E-state index is 14.3. The number of pyridine rings is 3. The van der Waals surface area contributed by atoms with Crippen molar-refractivity contribution < 1.29 is 24.2 Å². The molecule has 2 amide bonds. The zero-order valence-corrected chi connectivity index (χ0v) is 27.4. The number of anilines is 1. The highest BCUT2D eigenvalue weighted by Gasteiger charge is 2.72. The summed E-state index contributed by atoms with van der Waals surface area (Å²) in [5, 5.41) is 22.2. The van der Waals surface area contributed by atoms with Gasteiger partial charge in [-0.1, -0.05) is 6.92 Å². The first-order chi connectivity index (χ1) is 23.6. The summed E-state index contributed by atoms with van der Waals surface area (Å²) in [6.07, 6.45) is 9.12. The summed E-state index contributed by atoms with van der Waals surface area (Å²) in [7, 11) is 1.51. The highest BCUT2D eigenvalue weighted by Crippen LogP contribution is 2.75. The van der Waals surface area contributed by atoms with Gasteiger partial charge in [0.05, 0.1) is 18.4 Å². The maximum Gasteiger partial charge on any atom is 0.338 e. The fourth-order valence-electron chi connectivity index (χ4n) is 8.37. The summed E-state index contributed by atoms with van der Waals surface area (Å²) in [6, 6.07) is 6.20. The van der Waals surface area contributed by atoms with E-state index in [1.807, 2.05) is 11.8 Å². The summed E-state index contributed by atoms with van der Waals surface area (Å²) >= 11 is 0. The Labute approximate surface area is 280 Å². The monoisotopic (exact) mass is 667 g/mol. The largest absolute Gasteiger partial charge is 0.481 e. The molecule has 2 N–H and O–H groups in total. The van der Waals surface area contributed by atoms with Crippen LogP contribution in [-0.4, -0.2) is 96.1 Å². The number of rotatable bonds is 10. The number of carbonyl (C=O) groups is 3. The van der Waals surface area contributed by atoms with E-state index in [4.69, 9.17) is 9.84 Å². The summed E-state index contributed by atoms with van der Waals surface area (Å²) in [5.41, 5.74) is 1.72. The lowest BCUT2D eigenvalue weighted by Gasteiger charge is -2.71. The molecule has 49 heavy (non-hydrogen) atoms. The van der Waals surface area contributed by atoms with E-state index in [1.165, 1.54) is 43.1 Å². The molecule has 0 spiro atoms. The molecule has 0 unspecified atom stereocenters. The molecule has 5 aliphatic rings. The molecular formula is C34H37N9O6. The van der Waals surface area contributed by atoms with Gasteiger partial charge in [0.1, 0.15) is 17.9 Å². The Morgan fingerprint density at radius 3 is 2.47 bits per heavy atom. The number of methoxy groups -OCH3 is 1. The van der Waals surface area contributed by atoms with Crippen LogP contribution in [0.3, 0.4) is 0 Å². The fraction of sp³-hybridized carbons (Fsp3) is 0.471. The quantitative estimate of drug-likeness (QED) is 0.253. The standard InChI is InChI=1S/C34H37N9O6/c1-3-23-28(40-11-13-41(14-12-40)31(46)26-22(32(47)48)5-4-9-36-26)29(45)27-30(39-43(38-27)21-8-10-35-25(15-21)49-2)42(23)16-24(44)37-34-17-33(18-34,19-34)20-6-7-20/h4-5,8-10,15,20H,3,6-7,11-14,16-19H2,1-2H3,(H,37,44)(H,47,48). The van der Waals surface area contributed by atoms with Crippen molar-refractivity contribution in [2.24, 2.45) is 11.3 Å². The van der Waals surface area contributed by atoms with E-state index in [0.29, 0.717) is 53.5 Å². The second kappa shape index (κ2) is 11.4. The third-order valence-electron chi connectivity index (χ3n) is 10.7. The van der Waals surface area contributed by atoms with Crippen LogP contribution < -0.4 is 20.4 Å². The third-order valence-corrected chi connectivity index (χ3v) is 10.7. The number of hydrogen-bond donors (Lipinski definition) is 2. The van der Waals surface area contributed by atoms with Gasteiger partial charge in [-0.05, 0) is 68.1 Å². The topological polar surface area (TPSA) is 178 Å². The molecule has 1 aliphatic heterocycles. The van der Waals surface area contributed by atoms with Gasteiger partial charge in [-0.3, -0.25) is 19.4 Å². The Bertz CT molecular complexity index is 2060. The minimum atomic E-state index is -1.23. The van der Waals surface area contributed by atoms with Crippen molar-refractivity contribution in [3.05, 3.63) is 63.8 Å². The summed E-state index contributed by atoms with van der Waals surface area (Å²) in [5.74, 6) is -0.657. The van der Waals surface area contributed by atoms with Crippen LogP contribution in [0.1, 0.15) is 65.6 Å². The van der Waals surface area contributed by atoms with Gasteiger partial charge in [-0.2, -0.15) is 0 Å². The number of fused-ring (bicyclic) bond motifs is 1. The Hall–Kier alpha value is -5.34. The normalized spacial score (nSPS) is 22.7. The molecule has 0 radical (unpaired) electrons. The Morgan fingerprint density at radius 2 is 1.80 bits per heavy atom. The van der Waals surface area contributed by atoms with Gasteiger partial charge < -0.3 is 29.5 Å². The molecule has 4 aliphatic carbocycles. The van der Waals surface area contributed by atoms with Crippen LogP contribution in [0.2, 0.25) is 0 Å². The van der Waals surface area contributed by atoms with Crippen molar-refractivity contribution in [1.82, 2.24) is 39.7 Å². The van der Waals surface area contributed by atoms with Gasteiger partial charge in [-0.25, -0.2) is 9.78 Å². The van der Waals surface area contributed by atoms with Gasteiger partial charge in [0.25, 0.3) is 5.91 Å². The smallest absolute Gasteiger partial charge is 0.338 e. The number of carboxylic acid groups (broad SMARTS) is 1. The molecule has 9 rings (SSSR count). The Kier molecular flexibility index (Phi) is 7.19. The number of carbonyl (C=O) groups excluding carboxylic acids is 2. The molecule has 4 aromatic heterocycles. The van der Waals surface area contributed by atoms with E-state index >= 15 is 0 Å². The fourth-order valence-corrected chi connectivity index (χ4v) is 8.37. The van der Waals surface area contributed by atoms with Crippen molar-refractivity contribution >= 4 is 34.6 Å². The Morgan fingerprint density at radius 1 is 1.04 bits per heavy atom. The first-order valence-corrected chi connectivity index (χ1v) is 16.7. The zero-order valence-electron chi connectivity index (χ0n) is 27.4. The number of piperazine rings is 1. The molecule has 0 atom stereocenters. The highest BCUT2D eigenvalue weighted by atomic mass is 16.5. The predicted octanol–water partition coefficient (Wildman–Crippen LogP) is 2.05. The van der Waals surface area contributed by atoms with Crippen molar-refractivity contribution in [1.29, 1.82) is 0 Å². The van der Waals surface area contributed by atoms with E-state index in [9.17, 15) is 24.3 Å². The van der Waals surface area contributed by atoms with Gasteiger partial charge >= 0.3 is 5.97 Å². The van der Waals surface area contributed by atoms with Crippen LogP contribution in [0.4, 0.5) is 5.69 Å². The zero-order chi connectivity index (χ0) is 34.1. The lowest BCUT2D eigenvalue weighted by Crippen LogP contribution is -2.75. The maximum atomic E-state index is 14.3. The van der Waals surface area contributed by atoms with E-state index in [-0.39, 0.29) is 53.3 Å². The van der Waals surface area contributed by atoms with Crippen LogP contribution in [-0.2, 0) is 17.8 Å². The third kappa shape index (κ3) is 5.09. The van der Waals surface area contributed by atoms with Crippen molar-refractivity contribution in [3.63, 3.8) is 0 Å².